The van der Waals surface area contributed by atoms with E-state index in [-0.39, 0.29) is 18.4 Å². The van der Waals surface area contributed by atoms with Gasteiger partial charge in [-0.3, -0.25) is 14.6 Å². The monoisotopic (exact) mass is 397 g/mol. The summed E-state index contributed by atoms with van der Waals surface area (Å²) in [5.41, 5.74) is 1.60. The van der Waals surface area contributed by atoms with E-state index in [1.54, 1.807) is 42.6 Å². The van der Waals surface area contributed by atoms with E-state index in [4.69, 9.17) is 4.74 Å². The van der Waals surface area contributed by atoms with Crippen molar-refractivity contribution >= 4 is 34.0 Å². The number of benzene rings is 3. The van der Waals surface area contributed by atoms with E-state index >= 15 is 0 Å². The molecule has 0 fully saturated rings. The Kier molecular flexibility index (Phi) is 5.66. The van der Waals surface area contributed by atoms with Gasteiger partial charge in [-0.25, -0.2) is 0 Å². The van der Waals surface area contributed by atoms with Crippen LogP contribution < -0.4 is 15.4 Å². The number of nitrogens with one attached hydrogen (secondary N) is 2. The minimum atomic E-state index is -0.314. The molecule has 3 aromatic carbocycles. The van der Waals surface area contributed by atoms with E-state index < -0.39 is 0 Å². The normalized spacial score (nSPS) is 10.4. The van der Waals surface area contributed by atoms with Gasteiger partial charge in [0.2, 0.25) is 0 Å². The molecule has 1 heterocycles. The van der Waals surface area contributed by atoms with Crippen LogP contribution in [0.15, 0.2) is 91.1 Å². The molecule has 30 heavy (non-hydrogen) atoms. The van der Waals surface area contributed by atoms with E-state index in [0.29, 0.717) is 22.8 Å². The molecule has 148 valence electrons. The molecule has 0 unspecified atom stereocenters. The van der Waals surface area contributed by atoms with E-state index in [0.717, 1.165) is 10.8 Å². The van der Waals surface area contributed by atoms with Gasteiger partial charge in [-0.2, -0.15) is 0 Å². The maximum absolute atomic E-state index is 12.7. The number of hydrogen-bond acceptors (Lipinski definition) is 4. The Hall–Kier alpha value is -4.19. The van der Waals surface area contributed by atoms with E-state index in [9.17, 15) is 9.59 Å². The number of hydrogen-bond donors (Lipinski definition) is 2. The van der Waals surface area contributed by atoms with Crippen LogP contribution in [0.5, 0.6) is 5.75 Å². The topological polar surface area (TPSA) is 80.3 Å². The Morgan fingerprint density at radius 2 is 1.57 bits per heavy atom. The highest BCUT2D eigenvalue weighted by Crippen LogP contribution is 2.20. The maximum Gasteiger partial charge on any atom is 0.274 e. The molecule has 1 aromatic heterocycles. The standard InChI is InChI=1S/C24H19N3O3/c28-22(26-18-8-2-1-3-9-18)16-30-20-11-6-10-19(15-20)27-24(29)23-21-12-5-4-7-17(21)13-14-25-23/h1-15H,16H2,(H,26,28)(H,27,29). The van der Waals surface area contributed by atoms with Crippen molar-refractivity contribution in [2.75, 3.05) is 17.2 Å². The zero-order valence-corrected chi connectivity index (χ0v) is 16.0. The van der Waals surface area contributed by atoms with Crippen LogP contribution in [0, 0.1) is 0 Å². The molecule has 0 atom stereocenters. The van der Waals surface area contributed by atoms with Gasteiger partial charge >= 0.3 is 0 Å². The number of carbonyl (C=O) groups excluding carboxylic acids is 2. The molecule has 0 saturated carbocycles. The molecule has 0 bridgehead atoms. The summed E-state index contributed by atoms with van der Waals surface area (Å²) >= 11 is 0. The Bertz CT molecular complexity index is 1190. The van der Waals surface area contributed by atoms with Crippen molar-refractivity contribution in [3.05, 3.63) is 96.8 Å². The molecule has 0 spiro atoms. The molecule has 0 aliphatic heterocycles. The van der Waals surface area contributed by atoms with Crippen LogP contribution in [-0.4, -0.2) is 23.4 Å². The molecule has 4 rings (SSSR count). The van der Waals surface area contributed by atoms with Crippen LogP contribution in [-0.2, 0) is 4.79 Å². The zero-order valence-electron chi connectivity index (χ0n) is 16.0. The Morgan fingerprint density at radius 1 is 0.800 bits per heavy atom. The van der Waals surface area contributed by atoms with Crippen molar-refractivity contribution in [3.63, 3.8) is 0 Å². The first-order chi connectivity index (χ1) is 14.7. The predicted molar refractivity (Wildman–Crippen MR) is 117 cm³/mol. The number of amides is 2. The average Bonchev–Trinajstić information content (AvgIpc) is 2.78. The second-order valence-electron chi connectivity index (χ2n) is 6.57. The van der Waals surface area contributed by atoms with Crippen LogP contribution in [0.4, 0.5) is 11.4 Å². The van der Waals surface area contributed by atoms with Crippen LogP contribution >= 0.6 is 0 Å². The Balaban J connectivity index is 1.40. The number of rotatable bonds is 6. The molecule has 6 heteroatoms. The zero-order chi connectivity index (χ0) is 20.8. The number of pyridine rings is 1. The molecule has 0 radical (unpaired) electrons. The summed E-state index contributed by atoms with van der Waals surface area (Å²) in [5, 5.41) is 7.32. The van der Waals surface area contributed by atoms with Crippen molar-refractivity contribution in [1.29, 1.82) is 0 Å². The summed E-state index contributed by atoms with van der Waals surface area (Å²) < 4.78 is 5.56. The predicted octanol–water partition coefficient (Wildman–Crippen LogP) is 4.50. The van der Waals surface area contributed by atoms with Crippen LogP contribution in [0.25, 0.3) is 10.8 Å². The summed E-state index contributed by atoms with van der Waals surface area (Å²) in [6, 6.07) is 25.5. The minimum Gasteiger partial charge on any atom is -0.484 e. The molecule has 0 saturated heterocycles. The first-order valence-corrected chi connectivity index (χ1v) is 9.42. The third-order valence-electron chi connectivity index (χ3n) is 4.41. The fraction of sp³-hybridized carbons (Fsp3) is 0.0417. The molecule has 6 nitrogen and oxygen atoms in total. The first-order valence-electron chi connectivity index (χ1n) is 9.42. The number of nitrogens with zero attached hydrogens (tertiary/aromatic N) is 1. The number of para-hydroxylation sites is 1. The highest BCUT2D eigenvalue weighted by Gasteiger charge is 2.12. The highest BCUT2D eigenvalue weighted by atomic mass is 16.5. The number of ether oxygens (including phenoxy) is 1. The lowest BCUT2D eigenvalue weighted by atomic mass is 10.1. The lowest BCUT2D eigenvalue weighted by molar-refractivity contribution is -0.118. The minimum absolute atomic E-state index is 0.142. The first kappa shape index (κ1) is 19.1. The van der Waals surface area contributed by atoms with Gasteiger partial charge in [-0.1, -0.05) is 48.5 Å². The Labute approximate surface area is 173 Å². The Morgan fingerprint density at radius 3 is 2.43 bits per heavy atom. The van der Waals surface area contributed by atoms with E-state index in [2.05, 4.69) is 15.6 Å². The second-order valence-corrected chi connectivity index (χ2v) is 6.57. The molecule has 0 aliphatic carbocycles. The maximum atomic E-state index is 12.7. The van der Waals surface area contributed by atoms with Crippen molar-refractivity contribution in [2.45, 2.75) is 0 Å². The van der Waals surface area contributed by atoms with E-state index in [1.165, 1.54) is 0 Å². The summed E-state index contributed by atoms with van der Waals surface area (Å²) in [7, 11) is 0. The van der Waals surface area contributed by atoms with Gasteiger partial charge in [0, 0.05) is 29.0 Å². The summed E-state index contributed by atoms with van der Waals surface area (Å²) in [4.78, 5) is 29.0. The molecule has 2 amide bonds. The third-order valence-corrected chi connectivity index (χ3v) is 4.41. The molecule has 2 N–H and O–H groups in total. The quantitative estimate of drug-likeness (QED) is 0.502. The molecular formula is C24H19N3O3. The SMILES string of the molecule is O=C(COc1cccc(NC(=O)c2nccc3ccccc23)c1)Nc1ccccc1. The molecule has 4 aromatic rings. The van der Waals surface area contributed by atoms with Gasteiger partial charge in [0.15, 0.2) is 6.61 Å². The van der Waals surface area contributed by atoms with Gasteiger partial charge in [-0.05, 0) is 35.7 Å². The largest absolute Gasteiger partial charge is 0.484 e. The van der Waals surface area contributed by atoms with Crippen molar-refractivity contribution < 1.29 is 14.3 Å². The van der Waals surface area contributed by atoms with E-state index in [1.807, 2.05) is 48.5 Å². The smallest absolute Gasteiger partial charge is 0.274 e. The van der Waals surface area contributed by atoms with Crippen molar-refractivity contribution in [2.24, 2.45) is 0 Å². The average molecular weight is 397 g/mol. The van der Waals surface area contributed by atoms with Gasteiger partial charge in [-0.15, -0.1) is 0 Å². The highest BCUT2D eigenvalue weighted by molar-refractivity contribution is 6.11. The molecule has 0 aliphatic rings. The summed E-state index contributed by atoms with van der Waals surface area (Å²) in [5.74, 6) is -0.108. The fourth-order valence-electron chi connectivity index (χ4n) is 3.02. The van der Waals surface area contributed by atoms with Gasteiger partial charge in [0.25, 0.3) is 11.8 Å². The number of aromatic nitrogens is 1. The van der Waals surface area contributed by atoms with Gasteiger partial charge in [0.05, 0.1) is 0 Å². The summed E-state index contributed by atoms with van der Waals surface area (Å²) in [6.07, 6.45) is 1.61. The number of fused-ring (bicyclic) bond motifs is 1. The lowest BCUT2D eigenvalue weighted by Gasteiger charge is -2.10. The van der Waals surface area contributed by atoms with Crippen LogP contribution in [0.2, 0.25) is 0 Å². The van der Waals surface area contributed by atoms with Crippen LogP contribution in [0.3, 0.4) is 0 Å². The number of carbonyl (C=O) groups is 2. The second kappa shape index (κ2) is 8.87. The van der Waals surface area contributed by atoms with Gasteiger partial charge in [0.1, 0.15) is 11.4 Å². The van der Waals surface area contributed by atoms with Crippen molar-refractivity contribution in [3.8, 4) is 5.75 Å². The third kappa shape index (κ3) is 4.62. The number of anilines is 2. The molecular weight excluding hydrogens is 378 g/mol. The lowest BCUT2D eigenvalue weighted by Crippen LogP contribution is -2.20. The van der Waals surface area contributed by atoms with Gasteiger partial charge < -0.3 is 15.4 Å². The van der Waals surface area contributed by atoms with Crippen LogP contribution in [0.1, 0.15) is 10.5 Å². The summed E-state index contributed by atoms with van der Waals surface area (Å²) in [6.45, 7) is -0.142. The van der Waals surface area contributed by atoms with Crippen molar-refractivity contribution in [1.82, 2.24) is 4.98 Å². The fourth-order valence-corrected chi connectivity index (χ4v) is 3.02.